The summed E-state index contributed by atoms with van der Waals surface area (Å²) in [7, 11) is 0. The van der Waals surface area contributed by atoms with Gasteiger partial charge >= 0.3 is 0 Å². The average molecular weight is 301 g/mol. The Balaban J connectivity index is 1.96. The Morgan fingerprint density at radius 1 is 1.27 bits per heavy atom. The quantitative estimate of drug-likeness (QED) is 0.842. The molecule has 4 heteroatoms. The summed E-state index contributed by atoms with van der Waals surface area (Å²) in [5.41, 5.74) is 1.32. The van der Waals surface area contributed by atoms with E-state index in [1.165, 1.54) is 14.2 Å². The highest BCUT2D eigenvalue weighted by Crippen LogP contribution is 2.28. The van der Waals surface area contributed by atoms with Crippen LogP contribution in [0, 0.1) is 0 Å². The molecule has 0 saturated heterocycles. The van der Waals surface area contributed by atoms with Gasteiger partial charge in [-0.2, -0.15) is 0 Å². The molecule has 15 heavy (non-hydrogen) atoms. The number of phenols is 1. The van der Waals surface area contributed by atoms with Crippen molar-refractivity contribution in [2.24, 2.45) is 0 Å². The maximum atomic E-state index is 9.13. The monoisotopic (exact) mass is 300 g/mol. The van der Waals surface area contributed by atoms with Gasteiger partial charge in [-0.15, -0.1) is 23.1 Å². The molecular weight excluding hydrogens is 292 g/mol. The standard InChI is InChI=1S/C11H9BrOS2/c12-11-5-8(7-15-11)6-14-10-3-1-9(13)2-4-10/h1-5,7,13H,6H2. The van der Waals surface area contributed by atoms with Gasteiger partial charge in [-0.1, -0.05) is 0 Å². The molecule has 0 aliphatic rings. The highest BCUT2D eigenvalue weighted by molar-refractivity contribution is 9.11. The first-order valence-corrected chi connectivity index (χ1v) is 7.04. The van der Waals surface area contributed by atoms with Crippen molar-refractivity contribution in [2.75, 3.05) is 0 Å². The van der Waals surface area contributed by atoms with Crippen LogP contribution in [-0.2, 0) is 5.75 Å². The molecule has 78 valence electrons. The molecule has 0 saturated carbocycles. The van der Waals surface area contributed by atoms with Crippen LogP contribution in [0.1, 0.15) is 5.56 Å². The van der Waals surface area contributed by atoms with Crippen molar-refractivity contribution in [2.45, 2.75) is 10.6 Å². The molecule has 0 radical (unpaired) electrons. The second-order valence-electron chi connectivity index (χ2n) is 3.04. The third-order valence-electron chi connectivity index (χ3n) is 1.86. The average Bonchev–Trinajstić information content (AvgIpc) is 2.64. The van der Waals surface area contributed by atoms with Crippen LogP contribution < -0.4 is 0 Å². The first-order valence-electron chi connectivity index (χ1n) is 4.39. The van der Waals surface area contributed by atoms with Crippen LogP contribution in [0.3, 0.4) is 0 Å². The van der Waals surface area contributed by atoms with Gasteiger partial charge in [0.2, 0.25) is 0 Å². The molecule has 0 unspecified atom stereocenters. The summed E-state index contributed by atoms with van der Waals surface area (Å²) in [6.45, 7) is 0. The molecule has 1 heterocycles. The van der Waals surface area contributed by atoms with Gasteiger partial charge in [-0.25, -0.2) is 0 Å². The molecule has 1 N–H and O–H groups in total. The topological polar surface area (TPSA) is 20.2 Å². The number of hydrogen-bond donors (Lipinski definition) is 1. The van der Waals surface area contributed by atoms with Gasteiger partial charge in [0, 0.05) is 10.6 Å². The van der Waals surface area contributed by atoms with Gasteiger partial charge in [0.25, 0.3) is 0 Å². The van der Waals surface area contributed by atoms with Crippen LogP contribution in [0.2, 0.25) is 0 Å². The Hall–Kier alpha value is -0.450. The number of phenolic OH excluding ortho intramolecular Hbond substituents is 1. The smallest absolute Gasteiger partial charge is 0.115 e. The van der Waals surface area contributed by atoms with E-state index < -0.39 is 0 Å². The van der Waals surface area contributed by atoms with Crippen LogP contribution in [0.25, 0.3) is 0 Å². The van der Waals surface area contributed by atoms with E-state index in [2.05, 4.69) is 27.4 Å². The molecule has 0 aliphatic carbocycles. The lowest BCUT2D eigenvalue weighted by Gasteiger charge is -1.99. The Morgan fingerprint density at radius 3 is 2.60 bits per heavy atom. The van der Waals surface area contributed by atoms with E-state index >= 15 is 0 Å². The summed E-state index contributed by atoms with van der Waals surface area (Å²) in [5.74, 6) is 1.28. The van der Waals surface area contributed by atoms with Gasteiger partial charge in [-0.05, 0) is 57.2 Å². The minimum atomic E-state index is 0.317. The predicted molar refractivity (Wildman–Crippen MR) is 69.7 cm³/mol. The van der Waals surface area contributed by atoms with Crippen molar-refractivity contribution in [3.63, 3.8) is 0 Å². The minimum absolute atomic E-state index is 0.317. The summed E-state index contributed by atoms with van der Waals surface area (Å²) >= 11 is 6.92. The molecule has 0 amide bonds. The Morgan fingerprint density at radius 2 is 2.00 bits per heavy atom. The number of thiophene rings is 1. The summed E-state index contributed by atoms with van der Waals surface area (Å²) < 4.78 is 1.17. The second-order valence-corrected chi connectivity index (χ2v) is 6.38. The van der Waals surface area contributed by atoms with E-state index in [-0.39, 0.29) is 0 Å². The number of hydrogen-bond acceptors (Lipinski definition) is 3. The number of benzene rings is 1. The van der Waals surface area contributed by atoms with Gasteiger partial charge < -0.3 is 5.11 Å². The lowest BCUT2D eigenvalue weighted by Crippen LogP contribution is -1.75. The molecule has 0 atom stereocenters. The van der Waals surface area contributed by atoms with Crippen LogP contribution in [0.4, 0.5) is 0 Å². The van der Waals surface area contributed by atoms with Gasteiger partial charge in [0.1, 0.15) is 5.75 Å². The normalized spacial score (nSPS) is 10.5. The Labute approximate surface area is 105 Å². The molecule has 1 aromatic heterocycles. The maximum Gasteiger partial charge on any atom is 0.115 e. The summed E-state index contributed by atoms with van der Waals surface area (Å²) in [6.07, 6.45) is 0. The highest BCUT2D eigenvalue weighted by Gasteiger charge is 1.99. The molecule has 0 fully saturated rings. The maximum absolute atomic E-state index is 9.13. The lowest BCUT2D eigenvalue weighted by molar-refractivity contribution is 0.475. The zero-order valence-electron chi connectivity index (χ0n) is 7.81. The fourth-order valence-corrected chi connectivity index (χ4v) is 3.27. The SMILES string of the molecule is Oc1ccc(SCc2csc(Br)c2)cc1. The molecule has 0 bridgehead atoms. The molecule has 0 spiro atoms. The van der Waals surface area contributed by atoms with Crippen molar-refractivity contribution < 1.29 is 5.11 Å². The first-order chi connectivity index (χ1) is 7.24. The molecule has 0 aliphatic heterocycles. The van der Waals surface area contributed by atoms with E-state index in [0.717, 1.165) is 5.75 Å². The van der Waals surface area contributed by atoms with E-state index in [1.54, 1.807) is 35.2 Å². The van der Waals surface area contributed by atoms with E-state index in [0.29, 0.717) is 5.75 Å². The van der Waals surface area contributed by atoms with Crippen LogP contribution >= 0.6 is 39.0 Å². The second kappa shape index (κ2) is 5.05. The van der Waals surface area contributed by atoms with Gasteiger partial charge in [0.05, 0.1) is 3.79 Å². The Bertz CT molecular complexity index is 436. The fraction of sp³-hybridized carbons (Fsp3) is 0.0909. The number of rotatable bonds is 3. The predicted octanol–water partition coefficient (Wildman–Crippen LogP) is 4.51. The Kier molecular flexibility index (Phi) is 3.72. The highest BCUT2D eigenvalue weighted by atomic mass is 79.9. The molecular formula is C11H9BrOS2. The lowest BCUT2D eigenvalue weighted by atomic mass is 10.3. The zero-order valence-corrected chi connectivity index (χ0v) is 11.0. The summed E-state index contributed by atoms with van der Waals surface area (Å²) in [4.78, 5) is 1.18. The number of halogens is 1. The summed E-state index contributed by atoms with van der Waals surface area (Å²) in [5, 5.41) is 11.3. The van der Waals surface area contributed by atoms with Gasteiger partial charge in [0.15, 0.2) is 0 Å². The summed E-state index contributed by atoms with van der Waals surface area (Å²) in [6, 6.07) is 9.43. The minimum Gasteiger partial charge on any atom is -0.508 e. The third kappa shape index (κ3) is 3.26. The van der Waals surface area contributed by atoms with Crippen LogP contribution in [0.5, 0.6) is 5.75 Å². The number of thioether (sulfide) groups is 1. The van der Waals surface area contributed by atoms with Crippen LogP contribution in [0.15, 0.2) is 44.4 Å². The van der Waals surface area contributed by atoms with E-state index in [4.69, 9.17) is 5.11 Å². The van der Waals surface area contributed by atoms with Crippen molar-refractivity contribution in [1.29, 1.82) is 0 Å². The molecule has 2 aromatic rings. The van der Waals surface area contributed by atoms with Crippen molar-refractivity contribution in [3.8, 4) is 5.75 Å². The van der Waals surface area contributed by atoms with Crippen molar-refractivity contribution >= 4 is 39.0 Å². The van der Waals surface area contributed by atoms with Crippen LogP contribution in [-0.4, -0.2) is 5.11 Å². The number of aromatic hydroxyl groups is 1. The third-order valence-corrected chi connectivity index (χ3v) is 4.50. The van der Waals surface area contributed by atoms with Crippen molar-refractivity contribution in [3.05, 3.63) is 45.1 Å². The fourth-order valence-electron chi connectivity index (χ4n) is 1.13. The van der Waals surface area contributed by atoms with E-state index in [1.807, 2.05) is 12.1 Å². The molecule has 1 aromatic carbocycles. The molecule has 1 nitrogen and oxygen atoms in total. The largest absolute Gasteiger partial charge is 0.508 e. The zero-order chi connectivity index (χ0) is 10.7. The molecule has 2 rings (SSSR count). The van der Waals surface area contributed by atoms with Gasteiger partial charge in [-0.3, -0.25) is 0 Å². The first kappa shape index (κ1) is 11.0. The van der Waals surface area contributed by atoms with E-state index in [9.17, 15) is 0 Å². The van der Waals surface area contributed by atoms with Crippen molar-refractivity contribution in [1.82, 2.24) is 0 Å².